The highest BCUT2D eigenvalue weighted by molar-refractivity contribution is 6.75. The van der Waals surface area contributed by atoms with Crippen molar-refractivity contribution in [1.29, 1.82) is 0 Å². The van der Waals surface area contributed by atoms with Crippen molar-refractivity contribution in [3.63, 3.8) is 0 Å². The van der Waals surface area contributed by atoms with E-state index in [1.165, 1.54) is 10.8 Å². The highest BCUT2D eigenvalue weighted by atomic mass is 28.4. The molecule has 0 spiro atoms. The van der Waals surface area contributed by atoms with E-state index in [2.05, 4.69) is 107 Å². The van der Waals surface area contributed by atoms with Gasteiger partial charge in [0, 0.05) is 6.20 Å². The molecule has 1 aliphatic heterocycles. The summed E-state index contributed by atoms with van der Waals surface area (Å²) in [6.45, 7) is 33.0. The number of aromatic nitrogens is 2. The molecule has 3 aromatic rings. The molecule has 14 heteroatoms. The zero-order valence-corrected chi connectivity index (χ0v) is 39.9. The van der Waals surface area contributed by atoms with Crippen molar-refractivity contribution in [3.05, 3.63) is 92.3 Å². The van der Waals surface area contributed by atoms with Crippen LogP contribution in [0.15, 0.2) is 64.3 Å². The summed E-state index contributed by atoms with van der Waals surface area (Å²) in [6, 6.07) is 13.7. The number of methoxy groups -OCH3 is 2. The smallest absolute Gasteiger partial charge is 0.330 e. The standard InChI is InChI=1S/C42H68N2O9Si3/c1-39(2,3)54(12,13)50-27-33-34(52-55(14,15)40(4,5)6)35(53-56(16,17)41(7,8)9)37(51-33)44-26-32(36(45)43-38(44)46)42(47,28-18-22-30(48-10)23-19-28)29-20-24-31(49-11)25-21-29/h18-26,33-35,37,47H,27H2,1-17H3,(H,43,45,46)/t33-,34-,35-,37-/m1/s1. The summed E-state index contributed by atoms with van der Waals surface area (Å²) in [5, 5.41) is 12.5. The van der Waals surface area contributed by atoms with Crippen LogP contribution in [-0.2, 0) is 23.6 Å². The van der Waals surface area contributed by atoms with Crippen LogP contribution < -0.4 is 20.7 Å². The van der Waals surface area contributed by atoms with Crippen molar-refractivity contribution in [2.45, 2.75) is 147 Å². The Bertz CT molecular complexity index is 1870. The molecule has 0 bridgehead atoms. The third-order valence-corrected chi connectivity index (χ3v) is 26.3. The number of aliphatic hydroxyl groups is 1. The van der Waals surface area contributed by atoms with Crippen LogP contribution in [0.4, 0.5) is 0 Å². The van der Waals surface area contributed by atoms with E-state index in [4.69, 9.17) is 27.5 Å². The minimum absolute atomic E-state index is 0.0596. The van der Waals surface area contributed by atoms with Gasteiger partial charge in [0.25, 0.3) is 5.56 Å². The van der Waals surface area contributed by atoms with E-state index in [-0.39, 0.29) is 27.3 Å². The Kier molecular flexibility index (Phi) is 13.2. The molecule has 0 unspecified atom stereocenters. The fourth-order valence-electron chi connectivity index (χ4n) is 5.95. The molecular weight excluding hydrogens is 761 g/mol. The first-order valence-electron chi connectivity index (χ1n) is 19.5. The molecule has 312 valence electrons. The predicted molar refractivity (Wildman–Crippen MR) is 231 cm³/mol. The number of benzene rings is 2. The number of ether oxygens (including phenoxy) is 3. The second-order valence-electron chi connectivity index (χ2n) is 19.7. The van der Waals surface area contributed by atoms with Crippen molar-refractivity contribution in [2.75, 3.05) is 20.8 Å². The van der Waals surface area contributed by atoms with Gasteiger partial charge in [-0.15, -0.1) is 0 Å². The van der Waals surface area contributed by atoms with E-state index < -0.39 is 66.3 Å². The van der Waals surface area contributed by atoms with Gasteiger partial charge in [-0.1, -0.05) is 86.6 Å². The van der Waals surface area contributed by atoms with Crippen molar-refractivity contribution in [2.24, 2.45) is 0 Å². The highest BCUT2D eigenvalue weighted by Gasteiger charge is 2.55. The predicted octanol–water partition coefficient (Wildman–Crippen LogP) is 8.54. The van der Waals surface area contributed by atoms with E-state index in [9.17, 15) is 14.7 Å². The maximum atomic E-state index is 14.2. The Morgan fingerprint density at radius 2 is 1.09 bits per heavy atom. The van der Waals surface area contributed by atoms with Crippen molar-refractivity contribution >= 4 is 25.0 Å². The molecule has 56 heavy (non-hydrogen) atoms. The fourth-order valence-corrected chi connectivity index (χ4v) is 9.57. The van der Waals surface area contributed by atoms with Crippen molar-refractivity contribution in [1.82, 2.24) is 9.55 Å². The highest BCUT2D eigenvalue weighted by Crippen LogP contribution is 2.47. The molecule has 1 aromatic heterocycles. The van der Waals surface area contributed by atoms with E-state index in [1.54, 1.807) is 62.8 Å². The maximum absolute atomic E-state index is 14.2. The monoisotopic (exact) mass is 828 g/mol. The first-order valence-corrected chi connectivity index (χ1v) is 28.3. The van der Waals surface area contributed by atoms with Gasteiger partial charge in [0.15, 0.2) is 31.2 Å². The molecule has 0 aliphatic carbocycles. The van der Waals surface area contributed by atoms with Gasteiger partial charge in [-0.05, 0) is 89.8 Å². The molecule has 4 rings (SSSR count). The normalized spacial score (nSPS) is 20.3. The first-order chi connectivity index (χ1) is 25.5. The largest absolute Gasteiger partial charge is 0.497 e. The van der Waals surface area contributed by atoms with E-state index in [1.807, 2.05) is 0 Å². The topological polar surface area (TPSA) is 130 Å². The van der Waals surface area contributed by atoms with Crippen LogP contribution in [0.25, 0.3) is 0 Å². The molecule has 0 radical (unpaired) electrons. The van der Waals surface area contributed by atoms with Crippen molar-refractivity contribution in [3.8, 4) is 11.5 Å². The quantitative estimate of drug-likeness (QED) is 0.163. The number of hydrogen-bond acceptors (Lipinski definition) is 9. The van der Waals surface area contributed by atoms with E-state index in [0.29, 0.717) is 22.6 Å². The molecule has 1 aliphatic rings. The van der Waals surface area contributed by atoms with Crippen LogP contribution in [0.1, 0.15) is 85.2 Å². The minimum atomic E-state index is -2.57. The van der Waals surface area contributed by atoms with Gasteiger partial charge in [-0.25, -0.2) is 4.79 Å². The Morgan fingerprint density at radius 3 is 1.48 bits per heavy atom. The summed E-state index contributed by atoms with van der Waals surface area (Å²) < 4.78 is 40.5. The number of nitrogens with one attached hydrogen (secondary N) is 1. The lowest BCUT2D eigenvalue weighted by atomic mass is 9.81. The zero-order chi connectivity index (χ0) is 42.4. The summed E-state index contributed by atoms with van der Waals surface area (Å²) in [4.78, 5) is 30.7. The molecule has 2 heterocycles. The number of rotatable bonds is 13. The lowest BCUT2D eigenvalue weighted by Crippen LogP contribution is -2.55. The summed E-state index contributed by atoms with van der Waals surface area (Å²) in [5.74, 6) is 1.15. The van der Waals surface area contributed by atoms with Gasteiger partial charge < -0.3 is 32.6 Å². The van der Waals surface area contributed by atoms with Crippen LogP contribution in [0, 0.1) is 0 Å². The van der Waals surface area contributed by atoms with E-state index >= 15 is 0 Å². The number of nitrogens with zero attached hydrogens (tertiary/aromatic N) is 1. The molecule has 4 atom stereocenters. The second kappa shape index (κ2) is 16.1. The Balaban J connectivity index is 2.01. The molecule has 0 amide bonds. The van der Waals surface area contributed by atoms with Gasteiger partial charge in [0.2, 0.25) is 0 Å². The van der Waals surface area contributed by atoms with Crippen LogP contribution in [0.3, 0.4) is 0 Å². The molecular formula is C42H68N2O9Si3. The summed E-state index contributed by atoms with van der Waals surface area (Å²) >= 11 is 0. The van der Waals surface area contributed by atoms with Gasteiger partial charge in [0.05, 0.1) is 26.4 Å². The van der Waals surface area contributed by atoms with Gasteiger partial charge >= 0.3 is 5.69 Å². The number of hydrogen-bond donors (Lipinski definition) is 2. The molecule has 2 aromatic carbocycles. The summed E-state index contributed by atoms with van der Waals surface area (Å²) in [6.07, 6.45) is -1.59. The Hall–Kier alpha value is -2.83. The average molecular weight is 829 g/mol. The van der Waals surface area contributed by atoms with E-state index in [0.717, 1.165) is 0 Å². The first kappa shape index (κ1) is 45.9. The lowest BCUT2D eigenvalue weighted by Gasteiger charge is -2.44. The fraction of sp³-hybridized carbons (Fsp3) is 0.619. The van der Waals surface area contributed by atoms with Crippen molar-refractivity contribution < 1.29 is 32.6 Å². The molecule has 11 nitrogen and oxygen atoms in total. The third-order valence-electron chi connectivity index (χ3n) is 12.8. The number of H-pyrrole nitrogens is 1. The molecule has 2 N–H and O–H groups in total. The van der Waals surface area contributed by atoms with Crippen LogP contribution >= 0.6 is 0 Å². The number of aromatic amines is 1. The van der Waals surface area contributed by atoms with Gasteiger partial charge in [-0.3, -0.25) is 14.3 Å². The lowest BCUT2D eigenvalue weighted by molar-refractivity contribution is -0.0514. The molecule has 0 saturated carbocycles. The van der Waals surface area contributed by atoms with Gasteiger partial charge in [0.1, 0.15) is 35.4 Å². The maximum Gasteiger partial charge on any atom is 0.330 e. The average Bonchev–Trinajstić information content (AvgIpc) is 3.40. The van der Waals surface area contributed by atoms with Crippen LogP contribution in [0.2, 0.25) is 54.4 Å². The Morgan fingerprint density at radius 1 is 0.679 bits per heavy atom. The molecule has 1 fully saturated rings. The summed E-state index contributed by atoms with van der Waals surface area (Å²) in [5.41, 5.74) is -2.76. The molecule has 1 saturated heterocycles. The second-order valence-corrected chi connectivity index (χ2v) is 34.0. The summed E-state index contributed by atoms with van der Waals surface area (Å²) in [7, 11) is -4.19. The minimum Gasteiger partial charge on any atom is -0.497 e. The van der Waals surface area contributed by atoms with Crippen LogP contribution in [-0.4, -0.2) is 78.7 Å². The van der Waals surface area contributed by atoms with Gasteiger partial charge in [-0.2, -0.15) is 0 Å². The van der Waals surface area contributed by atoms with Crippen LogP contribution in [0.5, 0.6) is 11.5 Å². The third kappa shape index (κ3) is 9.22. The SMILES string of the molecule is COc1ccc(C(O)(c2ccc(OC)cc2)c2cn([C@@H]3O[C@H](CO[Si](C)(C)C(C)(C)C)[C@@H](O[Si](C)(C)C(C)(C)C)[C@H]3O[Si](C)(C)C(C)(C)C)c(=O)[nH]c2=O)cc1. The Labute approximate surface area is 337 Å². The zero-order valence-electron chi connectivity index (χ0n) is 36.9.